The number of pyridine rings is 1. The second-order valence-corrected chi connectivity index (χ2v) is 2.70. The Morgan fingerprint density at radius 2 is 2.21 bits per heavy atom. The van der Waals surface area contributed by atoms with Crippen LogP contribution in [-0.2, 0) is 0 Å². The maximum Gasteiger partial charge on any atom is 0.302 e. The van der Waals surface area contributed by atoms with Crippen LogP contribution < -0.4 is 5.73 Å². The minimum atomic E-state index is -3.01. The second kappa shape index (κ2) is 3.70. The number of nitrogen functional groups attached to an aromatic ring is 1. The molecule has 0 aliphatic heterocycles. The molecule has 0 radical (unpaired) electrons. The van der Waals surface area contributed by atoms with Crippen LogP contribution in [0.3, 0.4) is 0 Å². The molecule has 1 heterocycles. The van der Waals surface area contributed by atoms with E-state index in [-0.39, 0.29) is 5.82 Å². The second-order valence-electron chi connectivity index (χ2n) is 2.32. The van der Waals surface area contributed by atoms with Gasteiger partial charge in [-0.2, -0.15) is 0 Å². The third-order valence-electron chi connectivity index (χ3n) is 1.47. The molecule has 0 atom stereocenters. The van der Waals surface area contributed by atoms with E-state index in [1.165, 1.54) is 0 Å². The van der Waals surface area contributed by atoms with Gasteiger partial charge < -0.3 is 5.73 Å². The van der Waals surface area contributed by atoms with E-state index in [0.29, 0.717) is 6.20 Å². The van der Waals surface area contributed by atoms with E-state index in [1.807, 2.05) is 0 Å². The summed E-state index contributed by atoms with van der Waals surface area (Å²) >= 11 is 5.37. The van der Waals surface area contributed by atoms with Gasteiger partial charge in [0.15, 0.2) is 5.02 Å². The van der Waals surface area contributed by atoms with Gasteiger partial charge in [-0.25, -0.2) is 13.8 Å². The Morgan fingerprint density at radius 3 is 2.64 bits per heavy atom. The first-order valence-electron chi connectivity index (χ1n) is 3.31. The molecule has 0 amide bonds. The molecular formula is C6H4ClF2N3O2. The van der Waals surface area contributed by atoms with E-state index in [2.05, 4.69) is 4.98 Å². The van der Waals surface area contributed by atoms with Gasteiger partial charge in [0.25, 0.3) is 6.43 Å². The fourth-order valence-electron chi connectivity index (χ4n) is 0.850. The maximum atomic E-state index is 12.3. The van der Waals surface area contributed by atoms with Gasteiger partial charge in [0.1, 0.15) is 11.4 Å². The lowest BCUT2D eigenvalue weighted by atomic mass is 10.2. The fourth-order valence-corrected chi connectivity index (χ4v) is 1.08. The molecule has 5 nitrogen and oxygen atoms in total. The van der Waals surface area contributed by atoms with Crippen molar-refractivity contribution in [2.45, 2.75) is 6.43 Å². The Labute approximate surface area is 81.6 Å². The molecule has 1 rings (SSSR count). The Bertz CT molecular complexity index is 386. The van der Waals surface area contributed by atoms with Crippen LogP contribution in [-0.4, -0.2) is 9.91 Å². The van der Waals surface area contributed by atoms with Gasteiger partial charge in [0.05, 0.1) is 4.92 Å². The number of alkyl halides is 2. The highest BCUT2D eigenvalue weighted by Crippen LogP contribution is 2.36. The minimum Gasteiger partial charge on any atom is -0.382 e. The molecule has 0 saturated heterocycles. The molecule has 0 unspecified atom stereocenters. The largest absolute Gasteiger partial charge is 0.382 e. The van der Waals surface area contributed by atoms with Crippen molar-refractivity contribution in [3.05, 3.63) is 26.9 Å². The topological polar surface area (TPSA) is 82.0 Å². The highest BCUT2D eigenvalue weighted by atomic mass is 35.5. The molecule has 0 aromatic carbocycles. The first-order chi connectivity index (χ1) is 6.45. The Balaban J connectivity index is 3.45. The van der Waals surface area contributed by atoms with Crippen molar-refractivity contribution in [2.75, 3.05) is 5.73 Å². The number of nitrogens with zero attached hydrogens (tertiary/aromatic N) is 2. The van der Waals surface area contributed by atoms with E-state index < -0.39 is 27.6 Å². The molecule has 0 saturated carbocycles. The lowest BCUT2D eigenvalue weighted by Crippen LogP contribution is -2.01. The zero-order valence-corrected chi connectivity index (χ0v) is 7.33. The molecule has 0 aliphatic carbocycles. The zero-order chi connectivity index (χ0) is 10.9. The monoisotopic (exact) mass is 223 g/mol. The number of rotatable bonds is 2. The molecule has 0 fully saturated rings. The average molecular weight is 224 g/mol. The van der Waals surface area contributed by atoms with Crippen molar-refractivity contribution >= 4 is 23.1 Å². The lowest BCUT2D eigenvalue weighted by molar-refractivity contribution is -0.386. The summed E-state index contributed by atoms with van der Waals surface area (Å²) in [5.41, 5.74) is 3.40. The molecular weight excluding hydrogens is 220 g/mol. The molecule has 2 N–H and O–H groups in total. The van der Waals surface area contributed by atoms with E-state index in [1.54, 1.807) is 0 Å². The standard InChI is InChI=1S/C6H4ClF2N3O2/c7-3-4(12(13)14)2(5(8)9)1-11-6(3)10/h1,5H,(H2,10,11). The van der Waals surface area contributed by atoms with Gasteiger partial charge in [0, 0.05) is 6.20 Å². The summed E-state index contributed by atoms with van der Waals surface area (Å²) < 4.78 is 24.5. The number of nitrogens with two attached hydrogens (primary N) is 1. The van der Waals surface area contributed by atoms with Gasteiger partial charge in [-0.05, 0) is 0 Å². The number of aromatic nitrogens is 1. The van der Waals surface area contributed by atoms with Gasteiger partial charge in [-0.3, -0.25) is 10.1 Å². The molecule has 1 aromatic heterocycles. The first kappa shape index (κ1) is 10.6. The van der Waals surface area contributed by atoms with Crippen molar-refractivity contribution < 1.29 is 13.7 Å². The smallest absolute Gasteiger partial charge is 0.302 e. The Morgan fingerprint density at radius 1 is 1.64 bits per heavy atom. The number of halogens is 3. The number of nitro groups is 1. The molecule has 1 aromatic rings. The highest BCUT2D eigenvalue weighted by Gasteiger charge is 2.27. The quantitative estimate of drug-likeness (QED) is 0.615. The molecule has 76 valence electrons. The van der Waals surface area contributed by atoms with Gasteiger partial charge in [-0.1, -0.05) is 11.6 Å². The van der Waals surface area contributed by atoms with E-state index in [4.69, 9.17) is 17.3 Å². The Hall–Kier alpha value is -1.50. The van der Waals surface area contributed by atoms with E-state index in [0.717, 1.165) is 0 Å². The van der Waals surface area contributed by atoms with Crippen molar-refractivity contribution in [3.63, 3.8) is 0 Å². The van der Waals surface area contributed by atoms with Crippen LogP contribution in [0.25, 0.3) is 0 Å². The third kappa shape index (κ3) is 1.72. The summed E-state index contributed by atoms with van der Waals surface area (Å²) in [6.45, 7) is 0. The summed E-state index contributed by atoms with van der Waals surface area (Å²) in [5.74, 6) is -0.345. The summed E-state index contributed by atoms with van der Waals surface area (Å²) in [6.07, 6.45) is -2.37. The van der Waals surface area contributed by atoms with Gasteiger partial charge in [-0.15, -0.1) is 0 Å². The van der Waals surface area contributed by atoms with Crippen molar-refractivity contribution in [1.82, 2.24) is 4.98 Å². The fraction of sp³-hybridized carbons (Fsp3) is 0.167. The number of anilines is 1. The molecule has 0 spiro atoms. The summed E-state index contributed by atoms with van der Waals surface area (Å²) in [5, 5.41) is 9.84. The van der Waals surface area contributed by atoms with Gasteiger partial charge in [0.2, 0.25) is 0 Å². The maximum absolute atomic E-state index is 12.3. The summed E-state index contributed by atoms with van der Waals surface area (Å²) in [4.78, 5) is 12.7. The first-order valence-corrected chi connectivity index (χ1v) is 3.69. The molecule has 0 bridgehead atoms. The lowest BCUT2D eigenvalue weighted by Gasteiger charge is -2.03. The van der Waals surface area contributed by atoms with Gasteiger partial charge >= 0.3 is 5.69 Å². The Kier molecular flexibility index (Phi) is 2.80. The van der Waals surface area contributed by atoms with Crippen LogP contribution >= 0.6 is 11.6 Å². The normalized spacial score (nSPS) is 10.6. The van der Waals surface area contributed by atoms with Crippen molar-refractivity contribution in [2.24, 2.45) is 0 Å². The van der Waals surface area contributed by atoms with Crippen LogP contribution in [0.5, 0.6) is 0 Å². The third-order valence-corrected chi connectivity index (χ3v) is 1.84. The van der Waals surface area contributed by atoms with Crippen LogP contribution in [0.4, 0.5) is 20.3 Å². The minimum absolute atomic E-state index is 0.345. The molecule has 14 heavy (non-hydrogen) atoms. The summed E-state index contributed by atoms with van der Waals surface area (Å²) in [7, 11) is 0. The summed E-state index contributed by atoms with van der Waals surface area (Å²) in [6, 6.07) is 0. The van der Waals surface area contributed by atoms with Crippen LogP contribution in [0.2, 0.25) is 5.02 Å². The predicted molar refractivity (Wildman–Crippen MR) is 45.3 cm³/mol. The predicted octanol–water partition coefficient (Wildman–Crippen LogP) is 2.16. The van der Waals surface area contributed by atoms with Crippen LogP contribution in [0.15, 0.2) is 6.20 Å². The van der Waals surface area contributed by atoms with Crippen molar-refractivity contribution in [1.29, 1.82) is 0 Å². The SMILES string of the molecule is Nc1ncc(C(F)F)c([N+](=O)[O-])c1Cl. The zero-order valence-electron chi connectivity index (χ0n) is 6.58. The average Bonchev–Trinajstić information content (AvgIpc) is 2.08. The van der Waals surface area contributed by atoms with E-state index >= 15 is 0 Å². The van der Waals surface area contributed by atoms with Crippen LogP contribution in [0, 0.1) is 10.1 Å². The van der Waals surface area contributed by atoms with E-state index in [9.17, 15) is 18.9 Å². The highest BCUT2D eigenvalue weighted by molar-refractivity contribution is 6.35. The van der Waals surface area contributed by atoms with Crippen LogP contribution in [0.1, 0.15) is 12.0 Å². The molecule has 8 heteroatoms. The van der Waals surface area contributed by atoms with Crippen molar-refractivity contribution in [3.8, 4) is 0 Å². The number of hydrogen-bond acceptors (Lipinski definition) is 4. The number of hydrogen-bond donors (Lipinski definition) is 1. The molecule has 0 aliphatic rings.